The Morgan fingerprint density at radius 1 is 0.976 bits per heavy atom. The SMILES string of the molecule is COC(=O)C[N+]12CC[N+](Cc3ccc4c(c3)-c3ccc(C5=C(C(=O)[O-])N6C(=O)[C@H]([C@@H](C)O)[C@H]6C5)cc3C4=O)(CC1)CC2. The molecule has 0 radical (unpaired) electrons. The molecule has 4 fully saturated rings. The molecule has 0 spiro atoms. The summed E-state index contributed by atoms with van der Waals surface area (Å²) < 4.78 is 6.72. The highest BCUT2D eigenvalue weighted by Crippen LogP contribution is 2.48. The predicted octanol–water partition coefficient (Wildman–Crippen LogP) is 0.304. The summed E-state index contributed by atoms with van der Waals surface area (Å²) in [4.78, 5) is 51.4. The summed E-state index contributed by atoms with van der Waals surface area (Å²) in [5, 5.41) is 22.1. The van der Waals surface area contributed by atoms with Crippen LogP contribution in [0.15, 0.2) is 42.1 Å². The van der Waals surface area contributed by atoms with E-state index in [9.17, 15) is 29.4 Å². The van der Waals surface area contributed by atoms with Crippen molar-refractivity contribution in [3.8, 4) is 11.1 Å². The van der Waals surface area contributed by atoms with Crippen LogP contribution in [0.1, 0.15) is 40.4 Å². The number of carboxylic acids is 1. The number of benzene rings is 2. The number of carbonyl (C=O) groups excluding carboxylic acids is 4. The fourth-order valence-electron chi connectivity index (χ4n) is 8.07. The van der Waals surface area contributed by atoms with Crippen molar-refractivity contribution in [1.29, 1.82) is 0 Å². The van der Waals surface area contributed by atoms with E-state index in [1.165, 1.54) is 18.9 Å². The summed E-state index contributed by atoms with van der Waals surface area (Å²) in [7, 11) is 1.45. The molecule has 218 valence electrons. The van der Waals surface area contributed by atoms with Gasteiger partial charge in [0.1, 0.15) is 45.8 Å². The summed E-state index contributed by atoms with van der Waals surface area (Å²) in [6.45, 7) is 8.70. The lowest BCUT2D eigenvalue weighted by Gasteiger charge is -2.55. The van der Waals surface area contributed by atoms with Crippen molar-refractivity contribution in [3.63, 3.8) is 0 Å². The van der Waals surface area contributed by atoms with Gasteiger partial charge in [-0.1, -0.05) is 18.2 Å². The third-order valence-corrected chi connectivity index (χ3v) is 10.5. The Kier molecular flexibility index (Phi) is 5.99. The minimum absolute atomic E-state index is 0.101. The number of nitrogens with zero attached hydrogens (tertiary/aromatic N) is 3. The lowest BCUT2D eigenvalue weighted by Crippen LogP contribution is -2.75. The monoisotopic (exact) mass is 572 g/mol. The maximum Gasteiger partial charge on any atom is 0.361 e. The molecule has 1 amide bonds. The van der Waals surface area contributed by atoms with E-state index in [0.717, 1.165) is 71.5 Å². The average Bonchev–Trinajstić information content (AvgIpc) is 3.46. The van der Waals surface area contributed by atoms with Crippen LogP contribution in [0.2, 0.25) is 0 Å². The lowest BCUT2D eigenvalue weighted by atomic mass is 9.82. The number of aliphatic hydroxyl groups excluding tert-OH is 1. The van der Waals surface area contributed by atoms with Crippen LogP contribution in [0.25, 0.3) is 16.7 Å². The zero-order valence-corrected chi connectivity index (χ0v) is 23.8. The first-order valence-electron chi connectivity index (χ1n) is 14.6. The van der Waals surface area contributed by atoms with Gasteiger partial charge in [-0.05, 0) is 53.8 Å². The largest absolute Gasteiger partial charge is 0.543 e. The van der Waals surface area contributed by atoms with Crippen LogP contribution in [0.3, 0.4) is 0 Å². The Hall–Kier alpha value is -3.86. The molecule has 8 rings (SSSR count). The fourth-order valence-corrected chi connectivity index (χ4v) is 8.07. The number of piperazine rings is 3. The number of β-lactam (4-membered cyclic amide) rings is 1. The van der Waals surface area contributed by atoms with Crippen molar-refractivity contribution in [3.05, 3.63) is 64.3 Å². The molecule has 0 aromatic heterocycles. The van der Waals surface area contributed by atoms with Crippen molar-refractivity contribution in [1.82, 2.24) is 4.90 Å². The summed E-state index contributed by atoms with van der Waals surface area (Å²) in [5.74, 6) is -2.75. The van der Waals surface area contributed by atoms with Crippen molar-refractivity contribution in [2.75, 3.05) is 52.9 Å². The Labute approximate surface area is 243 Å². The molecule has 5 aliphatic heterocycles. The number of hydrogen-bond acceptors (Lipinski definition) is 7. The normalized spacial score (nSPS) is 29.6. The Balaban J connectivity index is 1.15. The quantitative estimate of drug-likeness (QED) is 0.246. The van der Waals surface area contributed by atoms with Gasteiger partial charge >= 0.3 is 5.97 Å². The number of quaternary nitrogens is 2. The number of carboxylic acid groups (broad SMARTS) is 1. The van der Waals surface area contributed by atoms with E-state index < -0.39 is 29.9 Å². The second kappa shape index (κ2) is 9.32. The van der Waals surface area contributed by atoms with E-state index in [0.29, 0.717) is 28.8 Å². The number of hydrogen-bond donors (Lipinski definition) is 1. The maximum atomic E-state index is 13.5. The molecular formula is C32H34N3O7+. The molecule has 3 atom stereocenters. The molecule has 10 nitrogen and oxygen atoms in total. The van der Waals surface area contributed by atoms with E-state index in [-0.39, 0.29) is 23.9 Å². The molecule has 0 unspecified atom stereocenters. The Morgan fingerprint density at radius 2 is 1.64 bits per heavy atom. The predicted molar refractivity (Wildman–Crippen MR) is 148 cm³/mol. The third kappa shape index (κ3) is 3.89. The van der Waals surface area contributed by atoms with E-state index in [1.54, 1.807) is 6.07 Å². The lowest BCUT2D eigenvalue weighted by molar-refractivity contribution is -1.08. The van der Waals surface area contributed by atoms with Gasteiger partial charge in [-0.3, -0.25) is 9.59 Å². The highest BCUT2D eigenvalue weighted by atomic mass is 16.5. The van der Waals surface area contributed by atoms with E-state index in [2.05, 4.69) is 6.07 Å². The summed E-state index contributed by atoms with van der Waals surface area (Å²) in [6.07, 6.45) is -0.595. The van der Waals surface area contributed by atoms with Crippen molar-refractivity contribution >= 4 is 29.2 Å². The third-order valence-electron chi connectivity index (χ3n) is 10.5. The van der Waals surface area contributed by atoms with Gasteiger partial charge in [0.15, 0.2) is 12.3 Å². The number of esters is 1. The second-order valence-corrected chi connectivity index (χ2v) is 12.7. The van der Waals surface area contributed by atoms with Gasteiger partial charge in [-0.25, -0.2) is 4.79 Å². The van der Waals surface area contributed by atoms with Gasteiger partial charge in [0.05, 0.1) is 36.8 Å². The smallest absolute Gasteiger partial charge is 0.361 e. The van der Waals surface area contributed by atoms with Crippen LogP contribution in [0.5, 0.6) is 0 Å². The molecule has 6 aliphatic rings. The first kappa shape index (κ1) is 27.0. The van der Waals surface area contributed by atoms with E-state index >= 15 is 0 Å². The highest BCUT2D eigenvalue weighted by Gasteiger charge is 2.55. The molecule has 2 bridgehead atoms. The minimum atomic E-state index is -1.44. The van der Waals surface area contributed by atoms with Crippen molar-refractivity contribution < 1.29 is 43.1 Å². The molecule has 1 N–H and O–H groups in total. The molecule has 42 heavy (non-hydrogen) atoms. The number of methoxy groups -OCH3 is 1. The number of carbonyl (C=O) groups is 4. The molecular weight excluding hydrogens is 538 g/mol. The van der Waals surface area contributed by atoms with Gasteiger partial charge in [0.25, 0.3) is 0 Å². The second-order valence-electron chi connectivity index (χ2n) is 12.7. The van der Waals surface area contributed by atoms with Gasteiger partial charge in [0, 0.05) is 16.7 Å². The zero-order valence-electron chi connectivity index (χ0n) is 23.8. The number of aliphatic carboxylic acids is 1. The molecule has 10 heteroatoms. The van der Waals surface area contributed by atoms with Gasteiger partial charge in [0.2, 0.25) is 5.91 Å². The molecule has 5 heterocycles. The molecule has 2 aromatic carbocycles. The topological polar surface area (TPSA) is 124 Å². The fraction of sp³-hybridized carbons (Fsp3) is 0.438. The Bertz CT molecular complexity index is 1580. The number of ketones is 1. The van der Waals surface area contributed by atoms with E-state index in [4.69, 9.17) is 4.74 Å². The zero-order chi connectivity index (χ0) is 29.6. The minimum Gasteiger partial charge on any atom is -0.543 e. The number of ether oxygens (including phenoxy) is 1. The molecule has 1 aliphatic carbocycles. The Morgan fingerprint density at radius 3 is 2.29 bits per heavy atom. The number of fused-ring (bicyclic) bond motifs is 7. The summed E-state index contributed by atoms with van der Waals surface area (Å²) in [6, 6.07) is 11.0. The van der Waals surface area contributed by atoms with Crippen LogP contribution >= 0.6 is 0 Å². The van der Waals surface area contributed by atoms with Crippen molar-refractivity contribution in [2.45, 2.75) is 32.0 Å². The van der Waals surface area contributed by atoms with Gasteiger partial charge < -0.3 is 33.6 Å². The first-order valence-corrected chi connectivity index (χ1v) is 14.6. The standard InChI is InChI=1S/C32H34N3O7/c1-18(36)28-26-15-23(29(32(40)41)33(26)31(28)39)20-4-6-21-24-13-19(3-5-22(24)30(38)25(21)14-20)16-34-7-10-35(11-8-34,12-9-34)17-27(37)42-2/h3-6,13-14,18,26,28,36H,7-12,15-17H2,1-2H3/q+1/t18-,26-,28-,34?,35?/m1/s1. The van der Waals surface area contributed by atoms with Gasteiger partial charge in [-0.15, -0.1) is 0 Å². The number of rotatable bonds is 7. The van der Waals surface area contributed by atoms with Gasteiger partial charge in [-0.2, -0.15) is 0 Å². The molecule has 2 aromatic rings. The summed E-state index contributed by atoms with van der Waals surface area (Å²) >= 11 is 0. The molecule has 0 saturated carbocycles. The first-order chi connectivity index (χ1) is 20.1. The average molecular weight is 573 g/mol. The highest BCUT2D eigenvalue weighted by molar-refractivity contribution is 6.22. The van der Waals surface area contributed by atoms with E-state index in [1.807, 2.05) is 24.3 Å². The van der Waals surface area contributed by atoms with Crippen molar-refractivity contribution in [2.24, 2.45) is 5.92 Å². The number of aliphatic hydroxyl groups is 1. The maximum absolute atomic E-state index is 13.5. The van der Waals surface area contributed by atoms with Crippen LogP contribution in [-0.2, 0) is 25.7 Å². The van der Waals surface area contributed by atoms with Crippen LogP contribution in [-0.4, -0.2) is 108 Å². The number of amides is 1. The molecule has 4 saturated heterocycles. The van der Waals surface area contributed by atoms with Crippen LogP contribution in [0, 0.1) is 5.92 Å². The van der Waals surface area contributed by atoms with Crippen LogP contribution < -0.4 is 5.11 Å². The van der Waals surface area contributed by atoms with Crippen LogP contribution in [0.4, 0.5) is 0 Å². The summed E-state index contributed by atoms with van der Waals surface area (Å²) in [5.41, 5.74) is 4.88.